The number of aromatic nitrogens is 1. The highest BCUT2D eigenvalue weighted by atomic mass is 16.2. The highest BCUT2D eigenvalue weighted by Crippen LogP contribution is 2.08. The van der Waals surface area contributed by atoms with Gasteiger partial charge in [-0.15, -0.1) is 0 Å². The van der Waals surface area contributed by atoms with E-state index in [4.69, 9.17) is 0 Å². The molecule has 1 aromatic heterocycles. The Labute approximate surface area is 111 Å². The zero-order valence-electron chi connectivity index (χ0n) is 10.9. The molecule has 2 rings (SSSR count). The Kier molecular flexibility index (Phi) is 3.99. The van der Waals surface area contributed by atoms with Crippen molar-refractivity contribution < 1.29 is 9.59 Å². The first-order valence-electron chi connectivity index (χ1n) is 6.32. The fraction of sp³-hybridized carbons (Fsp3) is 0.462. The molecule has 0 unspecified atom stereocenters. The highest BCUT2D eigenvalue weighted by Gasteiger charge is 2.18. The lowest BCUT2D eigenvalue weighted by atomic mass is 10.2. The maximum Gasteiger partial charge on any atom is 0.252 e. The number of nitrogens with one attached hydrogen (secondary N) is 1. The van der Waals surface area contributed by atoms with Crippen LogP contribution in [0.2, 0.25) is 0 Å². The summed E-state index contributed by atoms with van der Waals surface area (Å²) in [6.45, 7) is 1.50. The number of hydrogen-bond acceptors (Lipinski definition) is 3. The van der Waals surface area contributed by atoms with Gasteiger partial charge in [-0.1, -0.05) is 0 Å². The Hall–Kier alpha value is -2.11. The van der Waals surface area contributed by atoms with E-state index < -0.39 is 0 Å². The van der Waals surface area contributed by atoms with Crippen LogP contribution >= 0.6 is 0 Å². The molecule has 1 aliphatic rings. The SMILES string of the molecule is CNC(=O)c1ccc(=O)n(CC(=O)N2CCCC2)c1. The van der Waals surface area contributed by atoms with Gasteiger partial charge >= 0.3 is 0 Å². The minimum atomic E-state index is -0.278. The minimum absolute atomic E-state index is 0.0103. The highest BCUT2D eigenvalue weighted by molar-refractivity contribution is 5.93. The first-order chi connectivity index (χ1) is 9.11. The second kappa shape index (κ2) is 5.69. The molecule has 0 radical (unpaired) electrons. The van der Waals surface area contributed by atoms with Gasteiger partial charge in [-0.05, 0) is 18.9 Å². The van der Waals surface area contributed by atoms with Gasteiger partial charge in [0.15, 0.2) is 0 Å². The summed E-state index contributed by atoms with van der Waals surface area (Å²) >= 11 is 0. The smallest absolute Gasteiger partial charge is 0.252 e. The van der Waals surface area contributed by atoms with Gasteiger partial charge in [0, 0.05) is 32.4 Å². The van der Waals surface area contributed by atoms with Crippen molar-refractivity contribution in [3.8, 4) is 0 Å². The maximum atomic E-state index is 12.0. The molecule has 0 atom stereocenters. The van der Waals surface area contributed by atoms with Crippen LogP contribution in [0.1, 0.15) is 23.2 Å². The van der Waals surface area contributed by atoms with Crippen LogP contribution in [0, 0.1) is 0 Å². The molecule has 0 bridgehead atoms. The number of amides is 2. The summed E-state index contributed by atoms with van der Waals surface area (Å²) in [5.74, 6) is -0.351. The predicted octanol–water partition coefficient (Wildman–Crippen LogP) is -0.170. The molecule has 19 heavy (non-hydrogen) atoms. The van der Waals surface area contributed by atoms with Crippen LogP contribution in [0.5, 0.6) is 0 Å². The number of carbonyl (C=O) groups is 2. The molecule has 0 aliphatic carbocycles. The Morgan fingerprint density at radius 3 is 2.58 bits per heavy atom. The van der Waals surface area contributed by atoms with E-state index in [1.54, 1.807) is 4.90 Å². The molecule has 2 amide bonds. The topological polar surface area (TPSA) is 71.4 Å². The van der Waals surface area contributed by atoms with E-state index >= 15 is 0 Å². The molecule has 0 saturated carbocycles. The van der Waals surface area contributed by atoms with Crippen molar-refractivity contribution in [3.05, 3.63) is 34.2 Å². The average Bonchev–Trinajstić information content (AvgIpc) is 2.94. The molecule has 1 N–H and O–H groups in total. The van der Waals surface area contributed by atoms with Crippen LogP contribution < -0.4 is 10.9 Å². The number of nitrogens with zero attached hydrogens (tertiary/aromatic N) is 2. The fourth-order valence-corrected chi connectivity index (χ4v) is 2.15. The van der Waals surface area contributed by atoms with Gasteiger partial charge in [0.2, 0.25) is 5.91 Å². The molecule has 0 aromatic carbocycles. The van der Waals surface area contributed by atoms with Crippen molar-refractivity contribution >= 4 is 11.8 Å². The van der Waals surface area contributed by atoms with Crippen LogP contribution in [-0.4, -0.2) is 41.4 Å². The lowest BCUT2D eigenvalue weighted by Crippen LogP contribution is -2.34. The van der Waals surface area contributed by atoms with Crippen molar-refractivity contribution in [1.82, 2.24) is 14.8 Å². The van der Waals surface area contributed by atoms with Gasteiger partial charge < -0.3 is 14.8 Å². The van der Waals surface area contributed by atoms with Crippen LogP contribution in [0.25, 0.3) is 0 Å². The van der Waals surface area contributed by atoms with Gasteiger partial charge in [-0.3, -0.25) is 14.4 Å². The van der Waals surface area contributed by atoms with E-state index in [9.17, 15) is 14.4 Å². The Bertz CT molecular complexity index is 544. The fourth-order valence-electron chi connectivity index (χ4n) is 2.15. The van der Waals surface area contributed by atoms with Crippen molar-refractivity contribution in [1.29, 1.82) is 0 Å². The lowest BCUT2D eigenvalue weighted by Gasteiger charge is -2.16. The molecule has 1 fully saturated rings. The van der Waals surface area contributed by atoms with E-state index in [0.717, 1.165) is 25.9 Å². The summed E-state index contributed by atoms with van der Waals surface area (Å²) in [5.41, 5.74) is 0.0940. The number of carbonyl (C=O) groups excluding carboxylic acids is 2. The standard InChI is InChI=1S/C13H17N3O3/c1-14-13(19)10-4-5-11(17)16(8-10)9-12(18)15-6-2-3-7-15/h4-5,8H,2-3,6-7,9H2,1H3,(H,14,19). The van der Waals surface area contributed by atoms with Gasteiger partial charge in [0.25, 0.3) is 11.5 Å². The molecule has 2 heterocycles. The van der Waals surface area contributed by atoms with Crippen molar-refractivity contribution in [2.45, 2.75) is 19.4 Å². The zero-order valence-corrected chi connectivity index (χ0v) is 10.9. The van der Waals surface area contributed by atoms with Crippen LogP contribution in [0.3, 0.4) is 0 Å². The molecular formula is C13H17N3O3. The summed E-state index contributed by atoms with van der Waals surface area (Å²) in [5, 5.41) is 2.49. The predicted molar refractivity (Wildman–Crippen MR) is 69.9 cm³/mol. The summed E-state index contributed by atoms with van der Waals surface area (Å²) in [4.78, 5) is 36.9. The molecule has 6 nitrogen and oxygen atoms in total. The third-order valence-electron chi connectivity index (χ3n) is 3.24. The van der Waals surface area contributed by atoms with E-state index in [0.29, 0.717) is 5.56 Å². The third kappa shape index (κ3) is 3.01. The molecular weight excluding hydrogens is 246 g/mol. The van der Waals surface area contributed by atoms with E-state index in [2.05, 4.69) is 5.32 Å². The molecule has 0 spiro atoms. The Morgan fingerprint density at radius 2 is 1.95 bits per heavy atom. The Balaban J connectivity index is 2.16. The van der Waals surface area contributed by atoms with Crippen LogP contribution in [0.4, 0.5) is 0 Å². The van der Waals surface area contributed by atoms with Crippen molar-refractivity contribution in [3.63, 3.8) is 0 Å². The normalized spacial score (nSPS) is 14.5. The molecule has 1 aliphatic heterocycles. The number of likely N-dealkylation sites (tertiary alicyclic amines) is 1. The van der Waals surface area contributed by atoms with Gasteiger partial charge in [-0.25, -0.2) is 0 Å². The largest absolute Gasteiger partial charge is 0.355 e. The second-order valence-corrected chi connectivity index (χ2v) is 4.55. The monoisotopic (exact) mass is 263 g/mol. The lowest BCUT2D eigenvalue weighted by molar-refractivity contribution is -0.130. The third-order valence-corrected chi connectivity index (χ3v) is 3.24. The Morgan fingerprint density at radius 1 is 1.26 bits per heavy atom. The van der Waals surface area contributed by atoms with E-state index in [-0.39, 0.29) is 23.9 Å². The first kappa shape index (κ1) is 13.3. The quantitative estimate of drug-likeness (QED) is 0.823. The van der Waals surface area contributed by atoms with E-state index in [1.807, 2.05) is 0 Å². The van der Waals surface area contributed by atoms with Crippen LogP contribution in [-0.2, 0) is 11.3 Å². The molecule has 102 valence electrons. The number of rotatable bonds is 3. The van der Waals surface area contributed by atoms with Gasteiger partial charge in [-0.2, -0.15) is 0 Å². The summed E-state index contributed by atoms with van der Waals surface area (Å²) < 4.78 is 1.28. The molecule has 1 aromatic rings. The van der Waals surface area contributed by atoms with Crippen LogP contribution in [0.15, 0.2) is 23.1 Å². The van der Waals surface area contributed by atoms with Crippen molar-refractivity contribution in [2.24, 2.45) is 0 Å². The number of hydrogen-bond donors (Lipinski definition) is 1. The molecule has 6 heteroatoms. The molecule has 1 saturated heterocycles. The minimum Gasteiger partial charge on any atom is -0.355 e. The second-order valence-electron chi connectivity index (χ2n) is 4.55. The maximum absolute atomic E-state index is 12.0. The first-order valence-corrected chi connectivity index (χ1v) is 6.32. The summed E-state index contributed by atoms with van der Waals surface area (Å²) in [6, 6.07) is 2.76. The van der Waals surface area contributed by atoms with Gasteiger partial charge in [0.1, 0.15) is 6.54 Å². The van der Waals surface area contributed by atoms with Gasteiger partial charge in [0.05, 0.1) is 5.56 Å². The van der Waals surface area contributed by atoms with Crippen molar-refractivity contribution in [2.75, 3.05) is 20.1 Å². The summed E-state index contributed by atoms with van der Waals surface area (Å²) in [7, 11) is 1.52. The number of pyridine rings is 1. The summed E-state index contributed by atoms with van der Waals surface area (Å²) in [6.07, 6.45) is 3.45. The average molecular weight is 263 g/mol. The zero-order chi connectivity index (χ0) is 13.8. The van der Waals surface area contributed by atoms with E-state index in [1.165, 1.54) is 29.9 Å².